The summed E-state index contributed by atoms with van der Waals surface area (Å²) in [5.41, 5.74) is 1.71. The molecule has 0 radical (unpaired) electrons. The predicted molar refractivity (Wildman–Crippen MR) is 69.5 cm³/mol. The highest BCUT2D eigenvalue weighted by atomic mass is 127. The second-order valence-electron chi connectivity index (χ2n) is 4.01. The van der Waals surface area contributed by atoms with Crippen molar-refractivity contribution >= 4 is 22.6 Å². The molecule has 0 saturated heterocycles. The van der Waals surface area contributed by atoms with Crippen LogP contribution < -0.4 is 0 Å². The molecule has 78 valence electrons. The second-order valence-corrected chi connectivity index (χ2v) is 5.03. The minimum absolute atomic E-state index is 0.305. The molecule has 1 aromatic rings. The van der Waals surface area contributed by atoms with E-state index in [0.717, 1.165) is 3.70 Å². The number of hydrogen-bond donors (Lipinski definition) is 0. The monoisotopic (exact) mass is 303 g/mol. The molecule has 1 nitrogen and oxygen atoms in total. The molecule has 0 aliphatic rings. The lowest BCUT2D eigenvalue weighted by Gasteiger charge is -2.29. The first kappa shape index (κ1) is 12.0. The van der Waals surface area contributed by atoms with Gasteiger partial charge in [-0.25, -0.2) is 0 Å². The Bertz CT molecular complexity index is 298. The maximum Gasteiger partial charge on any atom is 0.105 e. The van der Waals surface area contributed by atoms with Crippen LogP contribution in [0.15, 0.2) is 18.3 Å². The van der Waals surface area contributed by atoms with Gasteiger partial charge in [0, 0.05) is 6.20 Å². The van der Waals surface area contributed by atoms with Crippen molar-refractivity contribution < 1.29 is 0 Å². The lowest BCUT2D eigenvalue weighted by molar-refractivity contribution is 0.410. The van der Waals surface area contributed by atoms with Crippen LogP contribution in [0.25, 0.3) is 0 Å². The molecule has 1 atom stereocenters. The van der Waals surface area contributed by atoms with E-state index in [1.54, 1.807) is 0 Å². The first-order valence-corrected chi connectivity index (χ1v) is 6.33. The van der Waals surface area contributed by atoms with E-state index in [2.05, 4.69) is 54.4 Å². The van der Waals surface area contributed by atoms with E-state index >= 15 is 0 Å². The fourth-order valence-corrected chi connectivity index (χ4v) is 2.88. The molecule has 0 amide bonds. The molecule has 0 bridgehead atoms. The molecule has 1 aromatic heterocycles. The summed E-state index contributed by atoms with van der Waals surface area (Å²) in [6.45, 7) is 6.85. The molecule has 0 aliphatic heterocycles. The molecule has 1 heterocycles. The van der Waals surface area contributed by atoms with Crippen molar-refractivity contribution in [2.75, 3.05) is 0 Å². The Hall–Kier alpha value is -0.120. The zero-order chi connectivity index (χ0) is 10.6. The van der Waals surface area contributed by atoms with Crippen LogP contribution in [-0.4, -0.2) is 4.98 Å². The van der Waals surface area contributed by atoms with Crippen molar-refractivity contribution in [1.29, 1.82) is 0 Å². The van der Waals surface area contributed by atoms with Crippen LogP contribution in [0.3, 0.4) is 0 Å². The van der Waals surface area contributed by atoms with E-state index < -0.39 is 0 Å². The highest BCUT2D eigenvalue weighted by Gasteiger charge is 2.25. The number of aromatic nitrogens is 1. The number of nitrogens with zero attached hydrogens (tertiary/aromatic N) is 1. The SMILES string of the molecule is CCCC(C)(CC)c1cccnc1I. The molecule has 2 heteroatoms. The number of rotatable bonds is 4. The van der Waals surface area contributed by atoms with Crippen molar-refractivity contribution in [1.82, 2.24) is 4.98 Å². The van der Waals surface area contributed by atoms with Crippen LogP contribution in [0.2, 0.25) is 0 Å². The molecule has 0 N–H and O–H groups in total. The van der Waals surface area contributed by atoms with Gasteiger partial charge in [0.25, 0.3) is 0 Å². The van der Waals surface area contributed by atoms with Crippen molar-refractivity contribution in [3.63, 3.8) is 0 Å². The fraction of sp³-hybridized carbons (Fsp3) is 0.583. The highest BCUT2D eigenvalue weighted by Crippen LogP contribution is 2.34. The number of hydrogen-bond acceptors (Lipinski definition) is 1. The van der Waals surface area contributed by atoms with Crippen LogP contribution in [0.1, 0.15) is 45.6 Å². The summed E-state index contributed by atoms with van der Waals surface area (Å²) in [5, 5.41) is 0. The average molecular weight is 303 g/mol. The van der Waals surface area contributed by atoms with Crippen molar-refractivity contribution in [3.05, 3.63) is 27.6 Å². The Labute approximate surface area is 100 Å². The molecule has 1 unspecified atom stereocenters. The number of halogens is 1. The van der Waals surface area contributed by atoms with Crippen LogP contribution >= 0.6 is 22.6 Å². The first-order valence-electron chi connectivity index (χ1n) is 5.25. The van der Waals surface area contributed by atoms with Crippen LogP contribution in [0, 0.1) is 3.70 Å². The molecule has 0 saturated carbocycles. The van der Waals surface area contributed by atoms with E-state index in [1.807, 2.05) is 12.3 Å². The van der Waals surface area contributed by atoms with Crippen molar-refractivity contribution in [2.45, 2.75) is 45.4 Å². The first-order chi connectivity index (χ1) is 6.64. The average Bonchev–Trinajstić information content (AvgIpc) is 2.18. The van der Waals surface area contributed by atoms with E-state index in [-0.39, 0.29) is 0 Å². The third-order valence-corrected chi connectivity index (χ3v) is 3.85. The normalized spacial score (nSPS) is 15.1. The Morgan fingerprint density at radius 2 is 2.14 bits per heavy atom. The molecule has 0 aromatic carbocycles. The Morgan fingerprint density at radius 3 is 2.64 bits per heavy atom. The van der Waals surface area contributed by atoms with Gasteiger partial charge in [-0.2, -0.15) is 0 Å². The summed E-state index contributed by atoms with van der Waals surface area (Å²) in [7, 11) is 0. The molecule has 0 spiro atoms. The maximum atomic E-state index is 4.36. The van der Waals surface area contributed by atoms with E-state index in [4.69, 9.17) is 0 Å². The zero-order valence-corrected chi connectivity index (χ0v) is 11.3. The fourth-order valence-electron chi connectivity index (χ4n) is 1.89. The molecular formula is C12H18IN. The van der Waals surface area contributed by atoms with Gasteiger partial charge in [-0.1, -0.05) is 33.3 Å². The van der Waals surface area contributed by atoms with Crippen molar-refractivity contribution in [3.8, 4) is 0 Å². The summed E-state index contributed by atoms with van der Waals surface area (Å²) in [5.74, 6) is 0. The quantitative estimate of drug-likeness (QED) is 0.601. The molecule has 0 fully saturated rings. The molecule has 0 aliphatic carbocycles. The summed E-state index contributed by atoms with van der Waals surface area (Å²) in [6, 6.07) is 4.26. The van der Waals surface area contributed by atoms with E-state index in [1.165, 1.54) is 24.8 Å². The van der Waals surface area contributed by atoms with Gasteiger partial charge >= 0.3 is 0 Å². The van der Waals surface area contributed by atoms with Gasteiger partial charge in [-0.15, -0.1) is 0 Å². The summed E-state index contributed by atoms with van der Waals surface area (Å²) in [6.07, 6.45) is 5.52. The third kappa shape index (κ3) is 2.47. The van der Waals surface area contributed by atoms with Crippen LogP contribution in [0.4, 0.5) is 0 Å². The summed E-state index contributed by atoms with van der Waals surface area (Å²) < 4.78 is 1.16. The Morgan fingerprint density at radius 1 is 1.43 bits per heavy atom. The smallest absolute Gasteiger partial charge is 0.105 e. The van der Waals surface area contributed by atoms with E-state index in [9.17, 15) is 0 Å². The minimum atomic E-state index is 0.305. The van der Waals surface area contributed by atoms with Gasteiger partial charge in [-0.3, -0.25) is 4.98 Å². The van der Waals surface area contributed by atoms with Gasteiger partial charge in [0.1, 0.15) is 3.70 Å². The van der Waals surface area contributed by atoms with Gasteiger partial charge in [0.2, 0.25) is 0 Å². The minimum Gasteiger partial charge on any atom is -0.250 e. The van der Waals surface area contributed by atoms with Gasteiger partial charge in [0.05, 0.1) is 0 Å². The maximum absolute atomic E-state index is 4.36. The van der Waals surface area contributed by atoms with Gasteiger partial charge in [0.15, 0.2) is 0 Å². The third-order valence-electron chi connectivity index (χ3n) is 2.99. The topological polar surface area (TPSA) is 12.9 Å². The summed E-state index contributed by atoms with van der Waals surface area (Å²) in [4.78, 5) is 4.36. The summed E-state index contributed by atoms with van der Waals surface area (Å²) >= 11 is 2.34. The molecular weight excluding hydrogens is 285 g/mol. The zero-order valence-electron chi connectivity index (χ0n) is 9.18. The standard InChI is InChI=1S/C12H18IN/c1-4-8-12(3,5-2)10-7-6-9-14-11(10)13/h6-7,9H,4-5,8H2,1-3H3. The van der Waals surface area contributed by atoms with Gasteiger partial charge < -0.3 is 0 Å². The highest BCUT2D eigenvalue weighted by molar-refractivity contribution is 14.1. The Kier molecular flexibility index (Phi) is 4.35. The van der Waals surface area contributed by atoms with Crippen molar-refractivity contribution in [2.24, 2.45) is 0 Å². The number of pyridine rings is 1. The predicted octanol–water partition coefficient (Wildman–Crippen LogP) is 4.15. The largest absolute Gasteiger partial charge is 0.250 e. The lowest BCUT2D eigenvalue weighted by Crippen LogP contribution is -2.22. The van der Waals surface area contributed by atoms with E-state index in [0.29, 0.717) is 5.41 Å². The second kappa shape index (κ2) is 5.10. The molecule has 1 rings (SSSR count). The van der Waals surface area contributed by atoms with Gasteiger partial charge in [-0.05, 0) is 52.5 Å². The van der Waals surface area contributed by atoms with Crippen LogP contribution in [0.5, 0.6) is 0 Å². The molecule has 14 heavy (non-hydrogen) atoms. The lowest BCUT2D eigenvalue weighted by atomic mass is 9.77. The van der Waals surface area contributed by atoms with Crippen LogP contribution in [-0.2, 0) is 5.41 Å². The Balaban J connectivity index is 3.05.